The highest BCUT2D eigenvalue weighted by atomic mass is 16.6. The van der Waals surface area contributed by atoms with Gasteiger partial charge in [-0.15, -0.1) is 0 Å². The van der Waals surface area contributed by atoms with Gasteiger partial charge in [-0.2, -0.15) is 0 Å². The van der Waals surface area contributed by atoms with E-state index in [9.17, 15) is 19.7 Å². The lowest BCUT2D eigenvalue weighted by molar-refractivity contribution is -0.384. The van der Waals surface area contributed by atoms with E-state index in [4.69, 9.17) is 0 Å². The summed E-state index contributed by atoms with van der Waals surface area (Å²) in [5.41, 5.74) is 1.99. The Balaban J connectivity index is 2.11. The van der Waals surface area contributed by atoms with Gasteiger partial charge in [0.25, 0.3) is 5.69 Å². The molecular weight excluding hydrogens is 334 g/mol. The number of Topliss-reactive ketones (excluding diaryl/α,β-unsaturated/α-hetero) is 1. The molecule has 1 aromatic carbocycles. The van der Waals surface area contributed by atoms with Crippen molar-refractivity contribution >= 4 is 17.4 Å². The highest BCUT2D eigenvalue weighted by Crippen LogP contribution is 2.47. The number of hydrogen-bond acceptors (Lipinski definition) is 5. The van der Waals surface area contributed by atoms with E-state index in [0.29, 0.717) is 18.4 Å². The molecule has 7 nitrogen and oxygen atoms in total. The van der Waals surface area contributed by atoms with Gasteiger partial charge in [0.15, 0.2) is 5.78 Å². The predicted octanol–water partition coefficient (Wildman–Crippen LogP) is 3.03. The molecule has 138 valence electrons. The Morgan fingerprint density at radius 2 is 1.77 bits per heavy atom. The minimum Gasteiger partial charge on any atom is -0.294 e. The second-order valence-corrected chi connectivity index (χ2v) is 7.96. The summed E-state index contributed by atoms with van der Waals surface area (Å²) in [6.07, 6.45) is 1.26. The Bertz CT molecular complexity index is 809. The molecule has 26 heavy (non-hydrogen) atoms. The standard InChI is InChI=1S/C19H23N3O4/c1-19(2)10-15-18(16(23)11-19)14(9-17(24)21(15)20(3)4)12-5-7-13(8-6-12)22(25)26/h5-8,14H,9-11H2,1-4H3. The molecule has 0 radical (unpaired) electrons. The van der Waals surface area contributed by atoms with Crippen LogP contribution in [0.5, 0.6) is 0 Å². The monoisotopic (exact) mass is 357 g/mol. The first-order valence-electron chi connectivity index (χ1n) is 8.61. The van der Waals surface area contributed by atoms with Crippen LogP contribution in [0.1, 0.15) is 44.6 Å². The van der Waals surface area contributed by atoms with Gasteiger partial charge >= 0.3 is 0 Å². The third kappa shape index (κ3) is 3.14. The zero-order valence-corrected chi connectivity index (χ0v) is 15.5. The van der Waals surface area contributed by atoms with E-state index in [1.807, 2.05) is 13.8 Å². The number of allylic oxidation sites excluding steroid dienone is 2. The van der Waals surface area contributed by atoms with Crippen LogP contribution in [0.2, 0.25) is 0 Å². The first-order valence-corrected chi connectivity index (χ1v) is 8.61. The van der Waals surface area contributed by atoms with Gasteiger partial charge in [0.1, 0.15) is 0 Å². The van der Waals surface area contributed by atoms with Crippen LogP contribution in [0.25, 0.3) is 0 Å². The zero-order chi connectivity index (χ0) is 19.2. The molecule has 1 aliphatic heterocycles. The second kappa shape index (κ2) is 6.32. The SMILES string of the molecule is CN(C)N1C(=O)CC(c2ccc([N+](=O)[O-])cc2)C2=C1CC(C)(C)CC2=O. The van der Waals surface area contributed by atoms with E-state index in [2.05, 4.69) is 0 Å². The molecule has 2 aliphatic rings. The fraction of sp³-hybridized carbons (Fsp3) is 0.474. The van der Waals surface area contributed by atoms with E-state index < -0.39 is 4.92 Å². The smallest absolute Gasteiger partial charge is 0.269 e. The molecule has 1 aromatic rings. The van der Waals surface area contributed by atoms with E-state index in [-0.39, 0.29) is 35.1 Å². The lowest BCUT2D eigenvalue weighted by Gasteiger charge is -2.44. The molecule has 0 bridgehead atoms. The number of nitro groups is 1. The van der Waals surface area contributed by atoms with Gasteiger partial charge in [0.05, 0.1) is 4.92 Å². The number of benzene rings is 1. The number of carbonyl (C=O) groups is 2. The van der Waals surface area contributed by atoms with Crippen LogP contribution in [0, 0.1) is 15.5 Å². The molecule has 3 rings (SSSR count). The first-order chi connectivity index (χ1) is 12.1. The van der Waals surface area contributed by atoms with Crippen molar-refractivity contribution in [3.8, 4) is 0 Å². The number of nitro benzene ring substituents is 1. The maximum absolute atomic E-state index is 13.0. The second-order valence-electron chi connectivity index (χ2n) is 7.96. The van der Waals surface area contributed by atoms with Crippen molar-refractivity contribution in [3.63, 3.8) is 0 Å². The fourth-order valence-electron chi connectivity index (χ4n) is 3.98. The fourth-order valence-corrected chi connectivity index (χ4v) is 3.98. The Morgan fingerprint density at radius 3 is 2.31 bits per heavy atom. The van der Waals surface area contributed by atoms with Crippen molar-refractivity contribution in [1.82, 2.24) is 10.0 Å². The third-order valence-electron chi connectivity index (χ3n) is 5.02. The quantitative estimate of drug-likeness (QED) is 0.613. The van der Waals surface area contributed by atoms with Gasteiger partial charge in [0.2, 0.25) is 5.91 Å². The molecule has 0 N–H and O–H groups in total. The van der Waals surface area contributed by atoms with Crippen LogP contribution in [0.3, 0.4) is 0 Å². The van der Waals surface area contributed by atoms with Crippen molar-refractivity contribution in [2.75, 3.05) is 14.1 Å². The van der Waals surface area contributed by atoms with Crippen molar-refractivity contribution < 1.29 is 14.5 Å². The summed E-state index contributed by atoms with van der Waals surface area (Å²) in [5, 5.41) is 14.2. The average Bonchev–Trinajstić information content (AvgIpc) is 2.52. The molecule has 1 aliphatic carbocycles. The number of non-ortho nitro benzene ring substituents is 1. The third-order valence-corrected chi connectivity index (χ3v) is 5.02. The van der Waals surface area contributed by atoms with Crippen molar-refractivity contribution in [3.05, 3.63) is 51.2 Å². The largest absolute Gasteiger partial charge is 0.294 e. The molecule has 0 fully saturated rings. The van der Waals surface area contributed by atoms with E-state index in [1.165, 1.54) is 12.1 Å². The highest BCUT2D eigenvalue weighted by molar-refractivity contribution is 6.01. The summed E-state index contributed by atoms with van der Waals surface area (Å²) in [6, 6.07) is 6.16. The number of ketones is 1. The Kier molecular flexibility index (Phi) is 4.44. The lowest BCUT2D eigenvalue weighted by Crippen LogP contribution is -2.49. The maximum Gasteiger partial charge on any atom is 0.269 e. The number of hydrogen-bond donors (Lipinski definition) is 0. The van der Waals surface area contributed by atoms with Crippen LogP contribution in [-0.2, 0) is 9.59 Å². The molecule has 0 spiro atoms. The number of rotatable bonds is 3. The number of nitrogens with zero attached hydrogens (tertiary/aromatic N) is 3. The summed E-state index contributed by atoms with van der Waals surface area (Å²) in [6.45, 7) is 4.06. The average molecular weight is 357 g/mol. The van der Waals surface area contributed by atoms with Crippen LogP contribution in [-0.4, -0.2) is 40.7 Å². The Labute approximate surface area is 152 Å². The van der Waals surface area contributed by atoms with Gasteiger partial charge in [-0.25, -0.2) is 10.0 Å². The number of carbonyl (C=O) groups excluding carboxylic acids is 2. The number of amides is 1. The number of hydrazine groups is 1. The molecule has 1 unspecified atom stereocenters. The maximum atomic E-state index is 13.0. The molecule has 1 heterocycles. The molecule has 0 aromatic heterocycles. The topological polar surface area (TPSA) is 83.8 Å². The van der Waals surface area contributed by atoms with Crippen molar-refractivity contribution in [1.29, 1.82) is 0 Å². The first kappa shape index (κ1) is 18.3. The van der Waals surface area contributed by atoms with Crippen LogP contribution >= 0.6 is 0 Å². The van der Waals surface area contributed by atoms with Gasteiger partial charge in [-0.05, 0) is 17.4 Å². The summed E-state index contributed by atoms with van der Waals surface area (Å²) < 4.78 is 0. The van der Waals surface area contributed by atoms with Gasteiger partial charge in [-0.3, -0.25) is 19.7 Å². The van der Waals surface area contributed by atoms with Crippen molar-refractivity contribution in [2.45, 2.75) is 39.0 Å². The normalized spacial score (nSPS) is 22.7. The van der Waals surface area contributed by atoms with Crippen LogP contribution in [0.4, 0.5) is 5.69 Å². The Morgan fingerprint density at radius 1 is 1.15 bits per heavy atom. The molecule has 0 saturated heterocycles. The zero-order valence-electron chi connectivity index (χ0n) is 15.5. The predicted molar refractivity (Wildman–Crippen MR) is 96.0 cm³/mol. The Hall–Kier alpha value is -2.54. The van der Waals surface area contributed by atoms with E-state index in [0.717, 1.165) is 11.3 Å². The van der Waals surface area contributed by atoms with Gasteiger partial charge in [0, 0.05) is 56.3 Å². The van der Waals surface area contributed by atoms with Gasteiger partial charge in [-0.1, -0.05) is 26.0 Å². The summed E-state index contributed by atoms with van der Waals surface area (Å²) in [7, 11) is 3.58. The summed E-state index contributed by atoms with van der Waals surface area (Å²) in [5.74, 6) is -0.361. The van der Waals surface area contributed by atoms with Crippen LogP contribution < -0.4 is 0 Å². The summed E-state index contributed by atoms with van der Waals surface area (Å²) >= 11 is 0. The van der Waals surface area contributed by atoms with E-state index in [1.54, 1.807) is 36.2 Å². The van der Waals surface area contributed by atoms with Crippen molar-refractivity contribution in [2.24, 2.45) is 5.41 Å². The lowest BCUT2D eigenvalue weighted by atomic mass is 9.69. The highest BCUT2D eigenvalue weighted by Gasteiger charge is 2.44. The van der Waals surface area contributed by atoms with Gasteiger partial charge < -0.3 is 0 Å². The minimum absolute atomic E-state index is 0.00360. The molecule has 0 saturated carbocycles. The van der Waals surface area contributed by atoms with E-state index >= 15 is 0 Å². The molecule has 7 heteroatoms. The molecule has 1 atom stereocenters. The summed E-state index contributed by atoms with van der Waals surface area (Å²) in [4.78, 5) is 36.2. The molecule has 1 amide bonds. The van der Waals surface area contributed by atoms with Crippen LogP contribution in [0.15, 0.2) is 35.5 Å². The minimum atomic E-state index is -0.456. The molecular formula is C19H23N3O4.